The Morgan fingerprint density at radius 2 is 2.11 bits per heavy atom. The number of hydrogen-bond donors (Lipinski definition) is 3. The van der Waals surface area contributed by atoms with Gasteiger partial charge in [0.15, 0.2) is 0 Å². The molecule has 0 bridgehead atoms. The van der Waals surface area contributed by atoms with Crippen LogP contribution in [0, 0.1) is 0 Å². The molecule has 4 N–H and O–H groups in total. The number of nitrogens with two attached hydrogens (primary N) is 1. The van der Waals surface area contributed by atoms with Crippen LogP contribution in [0.5, 0.6) is 0 Å². The molecule has 0 saturated carbocycles. The Hall–Kier alpha value is -1.27. The second-order valence-electron chi connectivity index (χ2n) is 3.91. The van der Waals surface area contributed by atoms with Gasteiger partial charge in [0.1, 0.15) is 0 Å². The third kappa shape index (κ3) is 3.36. The number of aliphatic hydroxyl groups is 1. The molecule has 0 heterocycles. The Balaban J connectivity index is 3.20. The molecule has 0 aliphatic carbocycles. The summed E-state index contributed by atoms with van der Waals surface area (Å²) in [6, 6.07) is 3.12. The van der Waals surface area contributed by atoms with Crippen molar-refractivity contribution in [2.75, 3.05) is 30.3 Å². The average molecular weight is 317 g/mol. The zero-order valence-corrected chi connectivity index (χ0v) is 11.8. The van der Waals surface area contributed by atoms with E-state index in [-0.39, 0.29) is 17.9 Å². The molecule has 100 valence electrons. The predicted octanol–water partition coefficient (Wildman–Crippen LogP) is 1.94. The average Bonchev–Trinajstić information content (AvgIpc) is 2.28. The molecule has 1 rings (SSSR count). The molecule has 0 aromatic heterocycles. The highest BCUT2D eigenvalue weighted by atomic mass is 79.9. The van der Waals surface area contributed by atoms with Gasteiger partial charge in [0.25, 0.3) is 0 Å². The van der Waals surface area contributed by atoms with Gasteiger partial charge in [-0.25, -0.2) is 4.79 Å². The molecule has 1 aromatic rings. The van der Waals surface area contributed by atoms with E-state index in [1.54, 1.807) is 6.07 Å². The van der Waals surface area contributed by atoms with Crippen LogP contribution in [0.3, 0.4) is 0 Å². The fraction of sp³-hybridized carbons (Fsp3) is 0.417. The van der Waals surface area contributed by atoms with Crippen LogP contribution in [0.4, 0.5) is 11.4 Å². The number of benzene rings is 1. The number of anilines is 2. The molecule has 6 heteroatoms. The van der Waals surface area contributed by atoms with Crippen molar-refractivity contribution < 1.29 is 15.0 Å². The van der Waals surface area contributed by atoms with E-state index < -0.39 is 5.97 Å². The van der Waals surface area contributed by atoms with Crippen LogP contribution in [-0.2, 0) is 0 Å². The van der Waals surface area contributed by atoms with Crippen molar-refractivity contribution in [1.82, 2.24) is 0 Å². The fourth-order valence-electron chi connectivity index (χ4n) is 1.75. The van der Waals surface area contributed by atoms with E-state index in [1.165, 1.54) is 6.07 Å². The first-order chi connectivity index (χ1) is 8.51. The molecule has 0 saturated heterocycles. The van der Waals surface area contributed by atoms with Gasteiger partial charge in [-0.2, -0.15) is 0 Å². The normalized spacial score (nSPS) is 10.4. The minimum absolute atomic E-state index is 0.0131. The van der Waals surface area contributed by atoms with E-state index >= 15 is 0 Å². The molecular weight excluding hydrogens is 300 g/mol. The first-order valence-electron chi connectivity index (χ1n) is 5.69. The van der Waals surface area contributed by atoms with Crippen molar-refractivity contribution in [2.45, 2.75) is 13.3 Å². The minimum atomic E-state index is -1.05. The molecule has 5 nitrogen and oxygen atoms in total. The van der Waals surface area contributed by atoms with Gasteiger partial charge in [-0.3, -0.25) is 0 Å². The monoisotopic (exact) mass is 316 g/mol. The Morgan fingerprint density at radius 1 is 1.44 bits per heavy atom. The van der Waals surface area contributed by atoms with E-state index in [0.29, 0.717) is 6.54 Å². The Bertz CT molecular complexity index is 432. The SMILES string of the molecule is CCCN(CCO)c1cc(C(=O)O)c(N)cc1Br. The van der Waals surface area contributed by atoms with E-state index in [2.05, 4.69) is 15.9 Å². The van der Waals surface area contributed by atoms with Gasteiger partial charge in [0.05, 0.1) is 17.9 Å². The van der Waals surface area contributed by atoms with Crippen molar-refractivity contribution in [3.8, 4) is 0 Å². The molecule has 0 fully saturated rings. The third-order valence-electron chi connectivity index (χ3n) is 2.55. The largest absolute Gasteiger partial charge is 0.478 e. The van der Waals surface area contributed by atoms with Crippen LogP contribution in [0.15, 0.2) is 16.6 Å². The van der Waals surface area contributed by atoms with Crippen LogP contribution in [0.2, 0.25) is 0 Å². The maximum absolute atomic E-state index is 11.1. The van der Waals surface area contributed by atoms with Gasteiger partial charge in [0.2, 0.25) is 0 Å². The quantitative estimate of drug-likeness (QED) is 0.698. The van der Waals surface area contributed by atoms with Gasteiger partial charge in [-0.1, -0.05) is 6.92 Å². The highest BCUT2D eigenvalue weighted by Gasteiger charge is 2.15. The summed E-state index contributed by atoms with van der Waals surface area (Å²) in [7, 11) is 0. The number of nitrogens with zero attached hydrogens (tertiary/aromatic N) is 1. The number of carbonyl (C=O) groups is 1. The number of aliphatic hydroxyl groups excluding tert-OH is 1. The number of halogens is 1. The Labute approximate surface area is 114 Å². The zero-order chi connectivity index (χ0) is 13.7. The lowest BCUT2D eigenvalue weighted by Gasteiger charge is -2.25. The molecule has 0 spiro atoms. The number of carboxylic acids is 1. The second kappa shape index (κ2) is 6.61. The van der Waals surface area contributed by atoms with Crippen LogP contribution in [0.1, 0.15) is 23.7 Å². The first kappa shape index (κ1) is 14.8. The van der Waals surface area contributed by atoms with Crippen LogP contribution < -0.4 is 10.6 Å². The summed E-state index contributed by atoms with van der Waals surface area (Å²) in [5, 5.41) is 18.1. The molecule has 0 amide bonds. The van der Waals surface area contributed by atoms with Gasteiger partial charge >= 0.3 is 5.97 Å². The summed E-state index contributed by atoms with van der Waals surface area (Å²) in [4.78, 5) is 13.0. The molecule has 0 radical (unpaired) electrons. The minimum Gasteiger partial charge on any atom is -0.478 e. The van der Waals surface area contributed by atoms with Gasteiger partial charge < -0.3 is 20.8 Å². The molecular formula is C12H17BrN2O3. The van der Waals surface area contributed by atoms with Crippen LogP contribution in [0.25, 0.3) is 0 Å². The Morgan fingerprint density at radius 3 is 2.61 bits per heavy atom. The first-order valence-corrected chi connectivity index (χ1v) is 6.48. The van der Waals surface area contributed by atoms with Crippen LogP contribution in [-0.4, -0.2) is 35.9 Å². The molecule has 0 aliphatic rings. The van der Waals surface area contributed by atoms with E-state index in [4.69, 9.17) is 15.9 Å². The fourth-order valence-corrected chi connectivity index (χ4v) is 2.36. The predicted molar refractivity (Wildman–Crippen MR) is 75.1 cm³/mol. The second-order valence-corrected chi connectivity index (χ2v) is 4.76. The number of carboxylic acid groups (broad SMARTS) is 1. The van der Waals surface area contributed by atoms with E-state index in [0.717, 1.165) is 23.1 Å². The van der Waals surface area contributed by atoms with Gasteiger partial charge in [-0.15, -0.1) is 0 Å². The standard InChI is InChI=1S/C12H17BrN2O3/c1-2-3-15(4-5-16)11-6-8(12(17)18)10(14)7-9(11)13/h6-7,16H,2-5,14H2,1H3,(H,17,18). The lowest BCUT2D eigenvalue weighted by Crippen LogP contribution is -2.28. The van der Waals surface area contributed by atoms with Crippen molar-refractivity contribution in [3.63, 3.8) is 0 Å². The zero-order valence-electron chi connectivity index (χ0n) is 10.2. The number of hydrogen-bond acceptors (Lipinski definition) is 4. The molecule has 0 unspecified atom stereocenters. The number of rotatable bonds is 6. The summed E-state index contributed by atoms with van der Waals surface area (Å²) in [6.07, 6.45) is 0.902. The van der Waals surface area contributed by atoms with Crippen LogP contribution >= 0.6 is 15.9 Å². The summed E-state index contributed by atoms with van der Waals surface area (Å²) < 4.78 is 0.729. The van der Waals surface area contributed by atoms with Crippen molar-refractivity contribution in [1.29, 1.82) is 0 Å². The number of aromatic carboxylic acids is 1. The molecule has 18 heavy (non-hydrogen) atoms. The highest BCUT2D eigenvalue weighted by molar-refractivity contribution is 9.10. The maximum atomic E-state index is 11.1. The summed E-state index contributed by atoms with van der Waals surface area (Å²) >= 11 is 3.37. The smallest absolute Gasteiger partial charge is 0.337 e. The topological polar surface area (TPSA) is 86.8 Å². The molecule has 0 aliphatic heterocycles. The Kier molecular flexibility index (Phi) is 5.43. The molecule has 1 aromatic carbocycles. The van der Waals surface area contributed by atoms with Crippen molar-refractivity contribution in [3.05, 3.63) is 22.2 Å². The number of nitrogen functional groups attached to an aromatic ring is 1. The highest BCUT2D eigenvalue weighted by Crippen LogP contribution is 2.31. The van der Waals surface area contributed by atoms with Gasteiger partial charge in [-0.05, 0) is 34.5 Å². The summed E-state index contributed by atoms with van der Waals surface area (Å²) in [5.74, 6) is -1.05. The lowest BCUT2D eigenvalue weighted by molar-refractivity contribution is 0.0698. The molecule has 0 atom stereocenters. The summed E-state index contributed by atoms with van der Waals surface area (Å²) in [6.45, 7) is 3.23. The maximum Gasteiger partial charge on any atom is 0.337 e. The van der Waals surface area contributed by atoms with Crippen molar-refractivity contribution in [2.24, 2.45) is 0 Å². The lowest BCUT2D eigenvalue weighted by atomic mass is 10.1. The third-order valence-corrected chi connectivity index (χ3v) is 3.19. The van der Waals surface area contributed by atoms with E-state index in [1.807, 2.05) is 11.8 Å². The van der Waals surface area contributed by atoms with Crippen molar-refractivity contribution >= 4 is 33.3 Å². The summed E-state index contributed by atoms with van der Waals surface area (Å²) in [5.41, 5.74) is 6.69. The van der Waals surface area contributed by atoms with Gasteiger partial charge in [0, 0.05) is 23.2 Å². The van der Waals surface area contributed by atoms with E-state index in [9.17, 15) is 4.79 Å².